The summed E-state index contributed by atoms with van der Waals surface area (Å²) in [5, 5.41) is -0.160. The molecule has 0 saturated carbocycles. The van der Waals surface area contributed by atoms with E-state index in [1.54, 1.807) is 0 Å². The van der Waals surface area contributed by atoms with Crippen LogP contribution in [0.3, 0.4) is 0 Å². The van der Waals surface area contributed by atoms with Gasteiger partial charge in [-0.3, -0.25) is 0 Å². The van der Waals surface area contributed by atoms with Crippen LogP contribution in [0, 0.1) is 0 Å². The molecule has 0 bridgehead atoms. The Balaban J connectivity index is 0.000000194. The first-order valence-electron chi connectivity index (χ1n) is 13.1. The zero-order chi connectivity index (χ0) is 26.6. The Morgan fingerprint density at radius 3 is 1.55 bits per heavy atom. The van der Waals surface area contributed by atoms with Gasteiger partial charge < -0.3 is 4.57 Å². The van der Waals surface area contributed by atoms with Gasteiger partial charge in [0.05, 0.1) is 20.3 Å². The lowest BCUT2D eigenvalue weighted by molar-refractivity contribution is 0.583. The lowest BCUT2D eigenvalue weighted by atomic mass is 9.41. The summed E-state index contributed by atoms with van der Waals surface area (Å²) in [5.41, 5.74) is 5.23. The first-order valence-corrected chi connectivity index (χ1v) is 15.7. The maximum absolute atomic E-state index is 4.34. The molecule has 0 N–H and O–H groups in total. The van der Waals surface area contributed by atoms with Gasteiger partial charge in [-0.05, 0) is 17.2 Å². The van der Waals surface area contributed by atoms with Crippen molar-refractivity contribution in [1.82, 2.24) is 9.55 Å². The number of hydrogen-bond donors (Lipinski definition) is 0. The first kappa shape index (κ1) is 26.9. The Morgan fingerprint density at radius 2 is 1.18 bits per heavy atom. The van der Waals surface area contributed by atoms with Crippen molar-refractivity contribution in [3.63, 3.8) is 0 Å². The monoisotopic (exact) mass is 510 g/mol. The Bertz CT molecular complexity index is 1290. The number of imidazole rings is 1. The van der Waals surface area contributed by atoms with Crippen LogP contribution in [0.2, 0.25) is 12.6 Å². The summed E-state index contributed by atoms with van der Waals surface area (Å²) in [5.74, 6) is 1.99. The van der Waals surface area contributed by atoms with Crippen LogP contribution in [-0.2, 0) is 5.16 Å². The third kappa shape index (κ3) is 5.87. The van der Waals surface area contributed by atoms with Gasteiger partial charge in [0.25, 0.3) is 0 Å². The molecule has 0 amide bonds. The quantitative estimate of drug-likeness (QED) is 0.169. The minimum absolute atomic E-state index is 0.160. The van der Waals surface area contributed by atoms with Crippen LogP contribution in [-0.4, -0.2) is 25.1 Å². The molecule has 4 aromatic carbocycles. The van der Waals surface area contributed by atoms with Crippen molar-refractivity contribution in [3.05, 3.63) is 176 Å². The normalized spacial score (nSPS) is 11.5. The topological polar surface area (TPSA) is 17.8 Å². The van der Waals surface area contributed by atoms with E-state index in [0.717, 1.165) is 6.04 Å². The van der Waals surface area contributed by atoms with Crippen LogP contribution in [0.25, 0.3) is 0 Å². The van der Waals surface area contributed by atoms with Gasteiger partial charge in [-0.25, -0.2) is 4.98 Å². The van der Waals surface area contributed by atoms with Gasteiger partial charge >= 0.3 is 0 Å². The highest BCUT2D eigenvalue weighted by Crippen LogP contribution is 2.38. The Hall–Kier alpha value is -4.15. The standard InChI is InChI=1S/C20H22N2Si.C14H13B/c1-3-16-23(2)20(22-15-14-21-17-22,18-10-6-4-7-11-18)19-12-8-5-9-13-19;1-2-15(13-9-5-3-6-10-13)14-11-7-4-8-12-14/h3-15,17,23H,1,16H2,2H3;2-12H,1H2. The summed E-state index contributed by atoms with van der Waals surface area (Å²) < 4.78 is 2.29. The van der Waals surface area contributed by atoms with Crippen molar-refractivity contribution in [3.8, 4) is 0 Å². The molecule has 1 atom stereocenters. The second kappa shape index (κ2) is 13.4. The largest absolute Gasteiger partial charge is 0.326 e. The summed E-state index contributed by atoms with van der Waals surface area (Å²) in [4.78, 5) is 4.34. The summed E-state index contributed by atoms with van der Waals surface area (Å²) in [7, 11) is -1.29. The van der Waals surface area contributed by atoms with Gasteiger partial charge in [0.1, 0.15) is 0 Å². The number of nitrogens with zero attached hydrogens (tertiary/aromatic N) is 2. The molecule has 0 fully saturated rings. The zero-order valence-electron chi connectivity index (χ0n) is 22.1. The maximum Gasteiger partial charge on any atom is 0.233 e. The molecule has 5 aromatic rings. The van der Waals surface area contributed by atoms with Crippen molar-refractivity contribution in [2.24, 2.45) is 0 Å². The summed E-state index contributed by atoms with van der Waals surface area (Å²) in [6, 6.07) is 43.5. The molecule has 38 heavy (non-hydrogen) atoms. The third-order valence-electron chi connectivity index (χ3n) is 7.13. The second-order valence-electron chi connectivity index (χ2n) is 9.43. The average molecular weight is 511 g/mol. The van der Waals surface area contributed by atoms with Crippen LogP contribution in [0.1, 0.15) is 11.1 Å². The van der Waals surface area contributed by atoms with Gasteiger partial charge in [-0.2, -0.15) is 0 Å². The highest BCUT2D eigenvalue weighted by atomic mass is 28.3. The highest BCUT2D eigenvalue weighted by Gasteiger charge is 2.41. The van der Waals surface area contributed by atoms with E-state index in [-0.39, 0.29) is 5.16 Å². The van der Waals surface area contributed by atoms with E-state index >= 15 is 0 Å². The Labute approximate surface area is 229 Å². The summed E-state index contributed by atoms with van der Waals surface area (Å²) >= 11 is 0. The number of hydrogen-bond acceptors (Lipinski definition) is 1. The van der Waals surface area contributed by atoms with Crippen LogP contribution in [0.4, 0.5) is 0 Å². The molecule has 0 radical (unpaired) electrons. The molecular formula is C34H35BN2Si. The molecule has 0 aliphatic heterocycles. The van der Waals surface area contributed by atoms with E-state index in [2.05, 4.69) is 151 Å². The zero-order valence-corrected chi connectivity index (χ0v) is 23.3. The molecule has 4 heteroatoms. The molecule has 0 saturated heterocycles. The van der Waals surface area contributed by atoms with Crippen LogP contribution in [0.5, 0.6) is 0 Å². The first-order chi connectivity index (χ1) is 18.7. The molecule has 1 unspecified atom stereocenters. The minimum atomic E-state index is -1.29. The molecule has 0 aliphatic rings. The summed E-state index contributed by atoms with van der Waals surface area (Å²) in [6.45, 7) is 10.6. The summed E-state index contributed by atoms with van der Waals surface area (Å²) in [6.07, 6.45) is 7.98. The number of aromatic nitrogens is 2. The van der Waals surface area contributed by atoms with Crippen LogP contribution >= 0.6 is 0 Å². The van der Waals surface area contributed by atoms with Crippen molar-refractivity contribution >= 4 is 26.4 Å². The lowest BCUT2D eigenvalue weighted by Gasteiger charge is -2.41. The molecule has 188 valence electrons. The number of rotatable bonds is 9. The van der Waals surface area contributed by atoms with E-state index in [4.69, 9.17) is 0 Å². The highest BCUT2D eigenvalue weighted by molar-refractivity contribution is 6.89. The molecule has 1 aromatic heterocycles. The van der Waals surface area contributed by atoms with Crippen LogP contribution < -0.4 is 10.9 Å². The predicted octanol–water partition coefficient (Wildman–Crippen LogP) is 6.28. The molecule has 0 aliphatic carbocycles. The van der Waals surface area contributed by atoms with Crippen molar-refractivity contribution in [1.29, 1.82) is 0 Å². The fourth-order valence-corrected chi connectivity index (χ4v) is 8.37. The molecule has 0 spiro atoms. The predicted molar refractivity (Wildman–Crippen MR) is 167 cm³/mol. The van der Waals surface area contributed by atoms with E-state index < -0.39 is 8.80 Å². The van der Waals surface area contributed by atoms with E-state index in [1.165, 1.54) is 22.1 Å². The fraction of sp³-hybridized carbons (Fsp3) is 0.0882. The van der Waals surface area contributed by atoms with Gasteiger partial charge in [0.2, 0.25) is 6.71 Å². The Morgan fingerprint density at radius 1 is 0.737 bits per heavy atom. The lowest BCUT2D eigenvalue weighted by Crippen LogP contribution is -2.48. The van der Waals surface area contributed by atoms with Gasteiger partial charge in [-0.1, -0.05) is 145 Å². The minimum Gasteiger partial charge on any atom is -0.326 e. The van der Waals surface area contributed by atoms with E-state index in [9.17, 15) is 0 Å². The third-order valence-corrected chi connectivity index (χ3v) is 10.6. The van der Waals surface area contributed by atoms with E-state index in [0.29, 0.717) is 6.71 Å². The smallest absolute Gasteiger partial charge is 0.233 e. The molecular weight excluding hydrogens is 475 g/mol. The molecule has 5 rings (SSSR count). The second-order valence-corrected chi connectivity index (χ2v) is 12.5. The van der Waals surface area contributed by atoms with Gasteiger partial charge in [-0.15, -0.1) is 19.1 Å². The average Bonchev–Trinajstić information content (AvgIpc) is 3.52. The Kier molecular flexibility index (Phi) is 9.49. The fourth-order valence-electron chi connectivity index (χ4n) is 5.35. The number of benzene rings is 4. The van der Waals surface area contributed by atoms with Crippen molar-refractivity contribution < 1.29 is 0 Å². The molecule has 1 heterocycles. The van der Waals surface area contributed by atoms with Crippen LogP contribution in [0.15, 0.2) is 165 Å². The van der Waals surface area contributed by atoms with Crippen molar-refractivity contribution in [2.45, 2.75) is 17.8 Å². The SMILES string of the molecule is C=CB(c1ccccc1)c1ccccc1.C=CC[SiH](C)C(c1ccccc1)(c1ccccc1)n1ccnc1. The van der Waals surface area contributed by atoms with Gasteiger partial charge in [0.15, 0.2) is 0 Å². The van der Waals surface area contributed by atoms with Gasteiger partial charge in [0, 0.05) is 12.4 Å². The van der Waals surface area contributed by atoms with E-state index in [1.807, 2.05) is 30.6 Å². The van der Waals surface area contributed by atoms with Crippen molar-refractivity contribution in [2.75, 3.05) is 0 Å². The maximum atomic E-state index is 4.34. The molecule has 2 nitrogen and oxygen atoms in total. The number of allylic oxidation sites excluding steroid dienone is 1.